The maximum atomic E-state index is 12.5. The Morgan fingerprint density at radius 2 is 2.21 bits per heavy atom. The molecule has 6 heteroatoms. The van der Waals surface area contributed by atoms with E-state index in [-0.39, 0.29) is 18.9 Å². The second kappa shape index (κ2) is 8.75. The Kier molecular flexibility index (Phi) is 6.41. The van der Waals surface area contributed by atoms with Gasteiger partial charge in [-0.1, -0.05) is 19.1 Å². The second-order valence-corrected chi connectivity index (χ2v) is 5.48. The summed E-state index contributed by atoms with van der Waals surface area (Å²) in [5.74, 6) is -0.0775. The molecule has 0 radical (unpaired) electrons. The van der Waals surface area contributed by atoms with Crippen molar-refractivity contribution < 1.29 is 9.90 Å². The summed E-state index contributed by atoms with van der Waals surface area (Å²) in [7, 11) is 0. The van der Waals surface area contributed by atoms with E-state index < -0.39 is 6.10 Å². The molecular weight excluding hydrogens is 304 g/mol. The van der Waals surface area contributed by atoms with Crippen LogP contribution >= 0.6 is 0 Å². The Hall–Kier alpha value is -2.78. The number of nitrogens with zero attached hydrogens (tertiary/aromatic N) is 4. The Labute approximate surface area is 141 Å². The van der Waals surface area contributed by atoms with Gasteiger partial charge in [0.15, 0.2) is 0 Å². The molecule has 0 saturated heterocycles. The topological polar surface area (TPSA) is 90.1 Å². The van der Waals surface area contributed by atoms with Gasteiger partial charge in [-0.25, -0.2) is 4.98 Å². The minimum absolute atomic E-state index is 0.0775. The van der Waals surface area contributed by atoms with E-state index in [0.717, 1.165) is 12.0 Å². The van der Waals surface area contributed by atoms with Gasteiger partial charge in [-0.2, -0.15) is 5.26 Å². The molecule has 2 heterocycles. The third-order valence-electron chi connectivity index (χ3n) is 3.60. The number of aromatic nitrogens is 2. The predicted molar refractivity (Wildman–Crippen MR) is 88.7 cm³/mol. The zero-order valence-electron chi connectivity index (χ0n) is 13.6. The SMILES string of the molecule is CCCN(CC(O)c1cccnc1)C(=O)Cc1ccc(C#N)nc1. The summed E-state index contributed by atoms with van der Waals surface area (Å²) in [4.78, 5) is 22.1. The zero-order valence-corrected chi connectivity index (χ0v) is 13.6. The van der Waals surface area contributed by atoms with E-state index in [1.54, 1.807) is 41.6 Å². The van der Waals surface area contributed by atoms with Crippen LogP contribution < -0.4 is 0 Å². The fourth-order valence-electron chi connectivity index (χ4n) is 2.36. The molecule has 2 aromatic heterocycles. The smallest absolute Gasteiger partial charge is 0.227 e. The molecule has 0 aliphatic heterocycles. The van der Waals surface area contributed by atoms with Crippen LogP contribution in [0.2, 0.25) is 0 Å². The number of amides is 1. The average Bonchev–Trinajstić information content (AvgIpc) is 2.62. The van der Waals surface area contributed by atoms with Crippen LogP contribution in [-0.2, 0) is 11.2 Å². The van der Waals surface area contributed by atoms with Crippen molar-refractivity contribution in [3.05, 3.63) is 59.7 Å². The highest BCUT2D eigenvalue weighted by Crippen LogP contribution is 2.14. The number of aliphatic hydroxyl groups excluding tert-OH is 1. The number of aliphatic hydroxyl groups is 1. The molecule has 2 aromatic rings. The third kappa shape index (κ3) is 4.86. The number of hydrogen-bond acceptors (Lipinski definition) is 5. The number of carbonyl (C=O) groups excluding carboxylic acids is 1. The van der Waals surface area contributed by atoms with Crippen molar-refractivity contribution in [2.24, 2.45) is 0 Å². The lowest BCUT2D eigenvalue weighted by atomic mass is 10.1. The normalized spacial score (nSPS) is 11.5. The van der Waals surface area contributed by atoms with Crippen LogP contribution in [0.5, 0.6) is 0 Å². The van der Waals surface area contributed by atoms with E-state index >= 15 is 0 Å². The summed E-state index contributed by atoms with van der Waals surface area (Å²) in [5.41, 5.74) is 1.76. The van der Waals surface area contributed by atoms with Gasteiger partial charge in [-0.3, -0.25) is 9.78 Å². The van der Waals surface area contributed by atoms with Crippen LogP contribution in [0.1, 0.15) is 36.3 Å². The fourth-order valence-corrected chi connectivity index (χ4v) is 2.36. The second-order valence-electron chi connectivity index (χ2n) is 5.48. The van der Waals surface area contributed by atoms with Crippen molar-refractivity contribution >= 4 is 5.91 Å². The molecule has 6 nitrogen and oxygen atoms in total. The number of nitriles is 1. The van der Waals surface area contributed by atoms with E-state index in [1.165, 1.54) is 6.20 Å². The first-order valence-electron chi connectivity index (χ1n) is 7.84. The Balaban J connectivity index is 2.02. The van der Waals surface area contributed by atoms with Gasteiger partial charge in [-0.05, 0) is 24.1 Å². The maximum Gasteiger partial charge on any atom is 0.227 e. The first kappa shape index (κ1) is 17.6. The van der Waals surface area contributed by atoms with Crippen molar-refractivity contribution in [1.82, 2.24) is 14.9 Å². The first-order valence-corrected chi connectivity index (χ1v) is 7.84. The molecule has 1 N–H and O–H groups in total. The minimum atomic E-state index is -0.770. The molecule has 2 rings (SSSR count). The predicted octanol–water partition coefficient (Wildman–Crippen LogP) is 1.86. The van der Waals surface area contributed by atoms with Gasteiger partial charge in [0.1, 0.15) is 11.8 Å². The number of pyridine rings is 2. The molecule has 0 aliphatic rings. The summed E-state index contributed by atoms with van der Waals surface area (Å²) in [6.07, 6.45) is 5.01. The summed E-state index contributed by atoms with van der Waals surface area (Å²) in [6, 6.07) is 8.82. The molecule has 0 spiro atoms. The summed E-state index contributed by atoms with van der Waals surface area (Å²) in [5, 5.41) is 19.1. The number of rotatable bonds is 7. The fraction of sp³-hybridized carbons (Fsp3) is 0.333. The van der Waals surface area contributed by atoms with Crippen molar-refractivity contribution in [3.8, 4) is 6.07 Å². The van der Waals surface area contributed by atoms with Crippen LogP contribution in [-0.4, -0.2) is 39.0 Å². The lowest BCUT2D eigenvalue weighted by Crippen LogP contribution is -2.36. The van der Waals surface area contributed by atoms with Crippen molar-refractivity contribution in [2.45, 2.75) is 25.9 Å². The van der Waals surface area contributed by atoms with Gasteiger partial charge in [-0.15, -0.1) is 0 Å². The molecule has 24 heavy (non-hydrogen) atoms. The molecule has 0 fully saturated rings. The van der Waals surface area contributed by atoms with Gasteiger partial charge in [0.2, 0.25) is 5.91 Å². The van der Waals surface area contributed by atoms with Crippen LogP contribution in [0.3, 0.4) is 0 Å². The summed E-state index contributed by atoms with van der Waals surface area (Å²) >= 11 is 0. The van der Waals surface area contributed by atoms with Crippen molar-refractivity contribution in [1.29, 1.82) is 5.26 Å². The van der Waals surface area contributed by atoms with Crippen LogP contribution in [0.25, 0.3) is 0 Å². The van der Waals surface area contributed by atoms with Gasteiger partial charge < -0.3 is 10.0 Å². The largest absolute Gasteiger partial charge is 0.386 e. The molecule has 0 bridgehead atoms. The Morgan fingerprint density at radius 1 is 1.38 bits per heavy atom. The molecule has 0 saturated carbocycles. The molecule has 0 aliphatic carbocycles. The van der Waals surface area contributed by atoms with E-state index in [2.05, 4.69) is 9.97 Å². The number of carbonyl (C=O) groups is 1. The van der Waals surface area contributed by atoms with E-state index in [0.29, 0.717) is 17.8 Å². The lowest BCUT2D eigenvalue weighted by molar-refractivity contribution is -0.132. The molecule has 124 valence electrons. The molecule has 0 aromatic carbocycles. The first-order chi connectivity index (χ1) is 11.6. The van der Waals surface area contributed by atoms with Gasteiger partial charge in [0.25, 0.3) is 0 Å². The third-order valence-corrected chi connectivity index (χ3v) is 3.60. The van der Waals surface area contributed by atoms with Gasteiger partial charge >= 0.3 is 0 Å². The standard InChI is InChI=1S/C18H20N4O2/c1-2-8-22(13-17(23)15-4-3-7-20-12-15)18(24)9-14-5-6-16(10-19)21-11-14/h3-7,11-12,17,23H,2,8-9,13H2,1H3. The van der Waals surface area contributed by atoms with Crippen LogP contribution in [0.4, 0.5) is 0 Å². The van der Waals surface area contributed by atoms with Crippen molar-refractivity contribution in [3.63, 3.8) is 0 Å². The molecule has 1 unspecified atom stereocenters. The molecule has 1 atom stereocenters. The van der Waals surface area contributed by atoms with E-state index in [1.807, 2.05) is 13.0 Å². The lowest BCUT2D eigenvalue weighted by Gasteiger charge is -2.25. The zero-order chi connectivity index (χ0) is 17.4. The van der Waals surface area contributed by atoms with Crippen LogP contribution in [0, 0.1) is 11.3 Å². The quantitative estimate of drug-likeness (QED) is 0.839. The number of hydrogen-bond donors (Lipinski definition) is 1. The maximum absolute atomic E-state index is 12.5. The summed E-state index contributed by atoms with van der Waals surface area (Å²) in [6.45, 7) is 2.78. The summed E-state index contributed by atoms with van der Waals surface area (Å²) < 4.78 is 0. The van der Waals surface area contributed by atoms with E-state index in [9.17, 15) is 9.90 Å². The van der Waals surface area contributed by atoms with Crippen molar-refractivity contribution in [2.75, 3.05) is 13.1 Å². The monoisotopic (exact) mass is 324 g/mol. The highest BCUT2D eigenvalue weighted by molar-refractivity contribution is 5.78. The van der Waals surface area contributed by atoms with Gasteiger partial charge in [0, 0.05) is 30.7 Å². The average molecular weight is 324 g/mol. The van der Waals surface area contributed by atoms with E-state index in [4.69, 9.17) is 5.26 Å². The highest BCUT2D eigenvalue weighted by Gasteiger charge is 2.18. The molecule has 1 amide bonds. The Morgan fingerprint density at radius 3 is 2.79 bits per heavy atom. The molecular formula is C18H20N4O2. The highest BCUT2D eigenvalue weighted by atomic mass is 16.3. The Bertz CT molecular complexity index is 695. The minimum Gasteiger partial charge on any atom is -0.386 e. The van der Waals surface area contributed by atoms with Crippen LogP contribution in [0.15, 0.2) is 42.9 Å². The van der Waals surface area contributed by atoms with Gasteiger partial charge in [0.05, 0.1) is 19.1 Å².